The molecule has 0 aromatic heterocycles. The molecule has 0 radical (unpaired) electrons. The molecule has 20 heavy (non-hydrogen) atoms. The van der Waals surface area contributed by atoms with Crippen molar-refractivity contribution in [2.45, 2.75) is 78.7 Å². The van der Waals surface area contributed by atoms with E-state index < -0.39 is 0 Å². The van der Waals surface area contributed by atoms with Gasteiger partial charge in [0.15, 0.2) is 0 Å². The van der Waals surface area contributed by atoms with Gasteiger partial charge in [0.2, 0.25) is 0 Å². The average molecular weight is 280 g/mol. The highest BCUT2D eigenvalue weighted by atomic mass is 15.2. The highest BCUT2D eigenvalue weighted by Crippen LogP contribution is 2.49. The molecule has 1 saturated carbocycles. The van der Waals surface area contributed by atoms with E-state index in [2.05, 4.69) is 39.5 Å². The summed E-state index contributed by atoms with van der Waals surface area (Å²) in [6, 6.07) is 0. The molecule has 2 nitrogen and oxygen atoms in total. The predicted molar refractivity (Wildman–Crippen MR) is 87.8 cm³/mol. The molecule has 0 aromatic carbocycles. The molecule has 2 heteroatoms. The molecule has 1 aliphatic carbocycles. The van der Waals surface area contributed by atoms with Crippen molar-refractivity contribution in [3.63, 3.8) is 0 Å². The lowest BCUT2D eigenvalue weighted by atomic mass is 9.63. The summed E-state index contributed by atoms with van der Waals surface area (Å²) in [5, 5.41) is 0. The molecule has 0 spiro atoms. The Bertz CT molecular complexity index is 332. The van der Waals surface area contributed by atoms with Crippen LogP contribution in [0.4, 0.5) is 0 Å². The summed E-state index contributed by atoms with van der Waals surface area (Å²) in [7, 11) is 0. The number of likely N-dealkylation sites (tertiary alicyclic amines) is 1. The second-order valence-electron chi connectivity index (χ2n) is 8.66. The first-order valence-electron chi connectivity index (χ1n) is 8.75. The van der Waals surface area contributed by atoms with Gasteiger partial charge in [-0.05, 0) is 61.8 Å². The van der Waals surface area contributed by atoms with E-state index in [1.165, 1.54) is 51.6 Å². The van der Waals surface area contributed by atoms with E-state index >= 15 is 0 Å². The van der Waals surface area contributed by atoms with Crippen LogP contribution < -0.4 is 5.73 Å². The van der Waals surface area contributed by atoms with Crippen LogP contribution in [-0.2, 0) is 0 Å². The van der Waals surface area contributed by atoms with Gasteiger partial charge in [-0.1, -0.05) is 34.6 Å². The third-order valence-electron chi connectivity index (χ3n) is 6.43. The minimum Gasteiger partial charge on any atom is -0.329 e. The molecule has 1 heterocycles. The van der Waals surface area contributed by atoms with Crippen molar-refractivity contribution in [2.75, 3.05) is 19.6 Å². The topological polar surface area (TPSA) is 29.3 Å². The van der Waals surface area contributed by atoms with E-state index in [-0.39, 0.29) is 5.54 Å². The van der Waals surface area contributed by atoms with Gasteiger partial charge in [-0.2, -0.15) is 0 Å². The predicted octanol–water partition coefficient (Wildman–Crippen LogP) is 4.04. The molecular formula is C18H36N2. The summed E-state index contributed by atoms with van der Waals surface area (Å²) in [5.41, 5.74) is 7.61. The molecule has 118 valence electrons. The highest BCUT2D eigenvalue weighted by Gasteiger charge is 2.49. The zero-order valence-electron chi connectivity index (χ0n) is 14.5. The minimum absolute atomic E-state index is 0.271. The van der Waals surface area contributed by atoms with Crippen LogP contribution in [0.25, 0.3) is 0 Å². The molecular weight excluding hydrogens is 244 g/mol. The summed E-state index contributed by atoms with van der Waals surface area (Å²) in [6.07, 6.45) is 7.95. The Labute approximate surface area is 126 Å². The number of rotatable bonds is 4. The molecule has 0 amide bonds. The van der Waals surface area contributed by atoms with E-state index in [9.17, 15) is 0 Å². The number of nitrogens with two attached hydrogens (primary N) is 1. The van der Waals surface area contributed by atoms with Gasteiger partial charge in [-0.25, -0.2) is 0 Å². The van der Waals surface area contributed by atoms with Gasteiger partial charge in [-0.3, -0.25) is 4.90 Å². The van der Waals surface area contributed by atoms with Crippen LogP contribution in [0.15, 0.2) is 0 Å². The van der Waals surface area contributed by atoms with E-state index in [0.717, 1.165) is 12.5 Å². The van der Waals surface area contributed by atoms with Crippen LogP contribution in [0.2, 0.25) is 0 Å². The van der Waals surface area contributed by atoms with Gasteiger partial charge in [-0.15, -0.1) is 0 Å². The zero-order valence-corrected chi connectivity index (χ0v) is 14.5. The lowest BCUT2D eigenvalue weighted by Crippen LogP contribution is -2.58. The quantitative estimate of drug-likeness (QED) is 0.842. The second kappa shape index (κ2) is 5.61. The molecule has 2 fully saturated rings. The smallest absolute Gasteiger partial charge is 0.0339 e. The van der Waals surface area contributed by atoms with Crippen molar-refractivity contribution in [2.24, 2.45) is 22.5 Å². The monoisotopic (exact) mass is 280 g/mol. The van der Waals surface area contributed by atoms with Crippen molar-refractivity contribution in [1.29, 1.82) is 0 Å². The van der Waals surface area contributed by atoms with Gasteiger partial charge in [0, 0.05) is 18.6 Å². The lowest BCUT2D eigenvalue weighted by molar-refractivity contribution is -0.00508. The van der Waals surface area contributed by atoms with Gasteiger partial charge in [0.25, 0.3) is 0 Å². The third-order valence-corrected chi connectivity index (χ3v) is 6.43. The minimum atomic E-state index is 0.271. The second-order valence-corrected chi connectivity index (χ2v) is 8.66. The Hall–Kier alpha value is -0.0800. The average Bonchev–Trinajstić information content (AvgIpc) is 2.82. The van der Waals surface area contributed by atoms with Gasteiger partial charge < -0.3 is 5.73 Å². The Morgan fingerprint density at radius 3 is 2.25 bits per heavy atom. The van der Waals surface area contributed by atoms with E-state index in [4.69, 9.17) is 5.73 Å². The first-order valence-corrected chi connectivity index (χ1v) is 8.75. The lowest BCUT2D eigenvalue weighted by Gasteiger charge is -2.52. The van der Waals surface area contributed by atoms with Crippen LogP contribution in [-0.4, -0.2) is 30.1 Å². The fraction of sp³-hybridized carbons (Fsp3) is 1.00. The highest BCUT2D eigenvalue weighted by molar-refractivity contribution is 5.05. The first-order chi connectivity index (χ1) is 9.30. The van der Waals surface area contributed by atoms with Crippen LogP contribution in [0.1, 0.15) is 73.1 Å². The van der Waals surface area contributed by atoms with Gasteiger partial charge in [0.05, 0.1) is 0 Å². The molecule has 2 aliphatic rings. The summed E-state index contributed by atoms with van der Waals surface area (Å²) in [5.74, 6) is 0.806. The molecule has 0 bridgehead atoms. The van der Waals surface area contributed by atoms with Gasteiger partial charge >= 0.3 is 0 Å². The Kier molecular flexibility index (Phi) is 4.57. The zero-order chi connectivity index (χ0) is 15.0. The summed E-state index contributed by atoms with van der Waals surface area (Å²) in [6.45, 7) is 15.4. The SMILES string of the molecule is CCC1(CC)CCN(C2(CN)CC(C)CC(C)(C)C2)C1. The maximum Gasteiger partial charge on any atom is 0.0339 e. The normalized spacial score (nSPS) is 37.2. The summed E-state index contributed by atoms with van der Waals surface area (Å²) < 4.78 is 0. The first kappa shape index (κ1) is 16.3. The molecule has 0 aromatic rings. The Morgan fingerprint density at radius 2 is 1.80 bits per heavy atom. The third kappa shape index (κ3) is 2.92. The molecule has 1 saturated heterocycles. The molecule has 2 N–H and O–H groups in total. The van der Waals surface area contributed by atoms with Crippen LogP contribution in [0.5, 0.6) is 0 Å². The molecule has 2 rings (SSSR count). The standard InChI is InChI=1S/C18H36N2/c1-6-17(7-2)8-9-20(14-17)18(13-19)11-15(3)10-16(4,5)12-18/h15H,6-14,19H2,1-5H3. The largest absolute Gasteiger partial charge is 0.329 e. The molecule has 2 unspecified atom stereocenters. The van der Waals surface area contributed by atoms with Crippen LogP contribution in [0, 0.1) is 16.7 Å². The van der Waals surface area contributed by atoms with Crippen molar-refractivity contribution < 1.29 is 0 Å². The van der Waals surface area contributed by atoms with E-state index in [1.54, 1.807) is 0 Å². The fourth-order valence-electron chi connectivity index (χ4n) is 5.39. The Balaban J connectivity index is 2.20. The van der Waals surface area contributed by atoms with E-state index in [1.807, 2.05) is 0 Å². The number of hydrogen-bond acceptors (Lipinski definition) is 2. The number of nitrogens with zero attached hydrogens (tertiary/aromatic N) is 1. The van der Waals surface area contributed by atoms with Crippen LogP contribution >= 0.6 is 0 Å². The van der Waals surface area contributed by atoms with Crippen molar-refractivity contribution in [3.05, 3.63) is 0 Å². The molecule has 1 aliphatic heterocycles. The summed E-state index contributed by atoms with van der Waals surface area (Å²) >= 11 is 0. The number of hydrogen-bond donors (Lipinski definition) is 1. The maximum atomic E-state index is 6.33. The van der Waals surface area contributed by atoms with Crippen LogP contribution in [0.3, 0.4) is 0 Å². The maximum absolute atomic E-state index is 6.33. The van der Waals surface area contributed by atoms with Crippen molar-refractivity contribution in [1.82, 2.24) is 4.90 Å². The fourth-order valence-corrected chi connectivity index (χ4v) is 5.39. The van der Waals surface area contributed by atoms with Crippen molar-refractivity contribution >= 4 is 0 Å². The molecule has 2 atom stereocenters. The summed E-state index contributed by atoms with van der Waals surface area (Å²) in [4.78, 5) is 2.79. The Morgan fingerprint density at radius 1 is 1.15 bits per heavy atom. The van der Waals surface area contributed by atoms with Gasteiger partial charge in [0.1, 0.15) is 0 Å². The van der Waals surface area contributed by atoms with Crippen molar-refractivity contribution in [3.8, 4) is 0 Å². The van der Waals surface area contributed by atoms with E-state index in [0.29, 0.717) is 10.8 Å².